The quantitative estimate of drug-likeness (QED) is 0.226. The van der Waals surface area contributed by atoms with E-state index in [0.29, 0.717) is 0 Å². The number of hydrogen-bond acceptors (Lipinski definition) is 3. The van der Waals surface area contributed by atoms with Gasteiger partial charge in [-0.1, -0.05) is 91.0 Å². The Hall–Kier alpha value is -4.60. The van der Waals surface area contributed by atoms with E-state index in [1.165, 1.54) is 41.7 Å². The van der Waals surface area contributed by atoms with Gasteiger partial charge in [-0.05, 0) is 35.0 Å². The van der Waals surface area contributed by atoms with Crippen molar-refractivity contribution in [1.82, 2.24) is 9.97 Å². The molecule has 0 aliphatic rings. The molecule has 172 valence electrons. The van der Waals surface area contributed by atoms with Crippen LogP contribution < -0.4 is 0 Å². The number of hydrogen-bond donors (Lipinski definition) is 0. The molecule has 5 aromatic carbocycles. The van der Waals surface area contributed by atoms with E-state index in [4.69, 9.17) is 9.97 Å². The van der Waals surface area contributed by atoms with Gasteiger partial charge >= 0.3 is 0 Å². The fraction of sp³-hybridized carbons (Fsp3) is 0. The highest BCUT2D eigenvalue weighted by Gasteiger charge is 2.17. The van der Waals surface area contributed by atoms with Crippen LogP contribution in [-0.2, 0) is 0 Å². The number of fused-ring (bicyclic) bond motifs is 8. The number of rotatable bonds is 2. The monoisotopic (exact) mass is 488 g/mol. The van der Waals surface area contributed by atoms with Gasteiger partial charge in [-0.25, -0.2) is 4.98 Å². The normalized spacial score (nSPS) is 11.8. The molecule has 2 nitrogen and oxygen atoms in total. The van der Waals surface area contributed by atoms with Crippen molar-refractivity contribution in [3.05, 3.63) is 121 Å². The van der Waals surface area contributed by atoms with Crippen molar-refractivity contribution >= 4 is 64.0 Å². The summed E-state index contributed by atoms with van der Waals surface area (Å²) in [6, 6.07) is 40.9. The molecule has 3 aromatic heterocycles. The Bertz CT molecular complexity index is 2150. The first kappa shape index (κ1) is 20.6. The first-order chi connectivity index (χ1) is 18.3. The van der Waals surface area contributed by atoms with Crippen LogP contribution in [0.1, 0.15) is 0 Å². The van der Waals surface area contributed by atoms with Crippen molar-refractivity contribution in [1.29, 1.82) is 0 Å². The smallest absolute Gasteiger partial charge is 0.0802 e. The van der Waals surface area contributed by atoms with Crippen LogP contribution in [0.25, 0.3) is 75.1 Å². The van der Waals surface area contributed by atoms with Crippen LogP contribution in [0, 0.1) is 0 Å². The predicted molar refractivity (Wildman–Crippen MR) is 158 cm³/mol. The molecular formula is C34H20N2S. The van der Waals surface area contributed by atoms with E-state index in [2.05, 4.69) is 115 Å². The first-order valence-electron chi connectivity index (χ1n) is 12.4. The molecule has 0 saturated carbocycles. The second-order valence-corrected chi connectivity index (χ2v) is 10.5. The predicted octanol–water partition coefficient (Wildman–Crippen LogP) is 9.64. The van der Waals surface area contributed by atoms with Crippen molar-refractivity contribution in [2.45, 2.75) is 0 Å². The van der Waals surface area contributed by atoms with E-state index >= 15 is 0 Å². The zero-order chi connectivity index (χ0) is 24.3. The van der Waals surface area contributed by atoms with Crippen molar-refractivity contribution < 1.29 is 0 Å². The Morgan fingerprint density at radius 2 is 1.24 bits per heavy atom. The van der Waals surface area contributed by atoms with Crippen LogP contribution >= 0.6 is 11.3 Å². The lowest BCUT2D eigenvalue weighted by molar-refractivity contribution is 1.35. The van der Waals surface area contributed by atoms with Gasteiger partial charge in [-0.3, -0.25) is 4.98 Å². The average molecular weight is 489 g/mol. The average Bonchev–Trinajstić information content (AvgIpc) is 3.35. The fourth-order valence-electron chi connectivity index (χ4n) is 5.60. The molecule has 0 aliphatic heterocycles. The maximum atomic E-state index is 5.28. The molecule has 0 radical (unpaired) electrons. The molecular weight excluding hydrogens is 468 g/mol. The van der Waals surface area contributed by atoms with Gasteiger partial charge in [0.15, 0.2) is 0 Å². The molecule has 3 heteroatoms. The molecule has 0 atom stereocenters. The second-order valence-electron chi connectivity index (χ2n) is 9.40. The zero-order valence-electron chi connectivity index (χ0n) is 19.8. The molecule has 0 N–H and O–H groups in total. The number of para-hydroxylation sites is 1. The molecule has 0 fully saturated rings. The highest BCUT2D eigenvalue weighted by Crippen LogP contribution is 2.44. The molecule has 0 bridgehead atoms. The molecule has 0 aliphatic carbocycles. The summed E-state index contributed by atoms with van der Waals surface area (Å²) in [6.45, 7) is 0. The Morgan fingerprint density at radius 3 is 2.16 bits per heavy atom. The maximum Gasteiger partial charge on any atom is 0.0802 e. The van der Waals surface area contributed by atoms with Crippen molar-refractivity contribution in [2.75, 3.05) is 0 Å². The third kappa shape index (κ3) is 3.11. The minimum absolute atomic E-state index is 0.997. The largest absolute Gasteiger partial charge is 0.256 e. The van der Waals surface area contributed by atoms with E-state index in [1.807, 2.05) is 17.5 Å². The van der Waals surface area contributed by atoms with Crippen molar-refractivity contribution in [3.63, 3.8) is 0 Å². The van der Waals surface area contributed by atoms with Crippen LogP contribution in [0.15, 0.2) is 121 Å². The highest BCUT2D eigenvalue weighted by molar-refractivity contribution is 7.26. The molecule has 3 heterocycles. The number of nitrogens with zero attached hydrogens (tertiary/aromatic N) is 2. The second kappa shape index (κ2) is 7.95. The summed E-state index contributed by atoms with van der Waals surface area (Å²) >= 11 is 1.86. The van der Waals surface area contributed by atoms with Crippen LogP contribution in [0.4, 0.5) is 0 Å². The van der Waals surface area contributed by atoms with Gasteiger partial charge in [-0.15, -0.1) is 11.3 Å². The number of aromatic nitrogens is 2. The van der Waals surface area contributed by atoms with Gasteiger partial charge < -0.3 is 0 Å². The third-order valence-corrected chi connectivity index (χ3v) is 8.50. The van der Waals surface area contributed by atoms with Crippen LogP contribution in [0.2, 0.25) is 0 Å². The van der Waals surface area contributed by atoms with Crippen LogP contribution in [0.5, 0.6) is 0 Å². The SMILES string of the molecule is c1cc(-c2nccc3ccccc23)cc(-c2nc3ccccc3c3ccc4c5ccccc5sc4c23)c1. The van der Waals surface area contributed by atoms with E-state index in [-0.39, 0.29) is 0 Å². The van der Waals surface area contributed by atoms with E-state index < -0.39 is 0 Å². The Labute approximate surface area is 217 Å². The van der Waals surface area contributed by atoms with Gasteiger partial charge in [0.05, 0.1) is 16.9 Å². The number of thiophene rings is 1. The Kier molecular flexibility index (Phi) is 4.42. The molecule has 0 amide bonds. The summed E-state index contributed by atoms with van der Waals surface area (Å²) in [4.78, 5) is 10.1. The summed E-state index contributed by atoms with van der Waals surface area (Å²) in [5, 5.41) is 8.60. The number of pyridine rings is 2. The molecule has 37 heavy (non-hydrogen) atoms. The van der Waals surface area contributed by atoms with Crippen molar-refractivity contribution in [3.8, 4) is 22.5 Å². The van der Waals surface area contributed by atoms with Gasteiger partial charge in [0.2, 0.25) is 0 Å². The van der Waals surface area contributed by atoms with E-state index in [9.17, 15) is 0 Å². The van der Waals surface area contributed by atoms with Gasteiger partial charge in [0.25, 0.3) is 0 Å². The first-order valence-corrected chi connectivity index (χ1v) is 13.2. The minimum Gasteiger partial charge on any atom is -0.256 e. The lowest BCUT2D eigenvalue weighted by atomic mass is 9.96. The molecule has 0 unspecified atom stereocenters. The van der Waals surface area contributed by atoms with Crippen LogP contribution in [0.3, 0.4) is 0 Å². The highest BCUT2D eigenvalue weighted by atomic mass is 32.1. The van der Waals surface area contributed by atoms with Gasteiger partial charge in [0, 0.05) is 53.7 Å². The van der Waals surface area contributed by atoms with E-state index in [1.54, 1.807) is 0 Å². The molecule has 8 aromatic rings. The summed E-state index contributed by atoms with van der Waals surface area (Å²) in [7, 11) is 0. The molecule has 8 rings (SSSR count). The Balaban J connectivity index is 1.48. The summed E-state index contributed by atoms with van der Waals surface area (Å²) in [5.41, 5.74) is 5.23. The maximum absolute atomic E-state index is 5.28. The number of benzene rings is 5. The van der Waals surface area contributed by atoms with Crippen LogP contribution in [-0.4, -0.2) is 9.97 Å². The van der Waals surface area contributed by atoms with Crippen molar-refractivity contribution in [2.24, 2.45) is 0 Å². The fourth-order valence-corrected chi connectivity index (χ4v) is 6.85. The third-order valence-electron chi connectivity index (χ3n) is 7.29. The molecule has 0 spiro atoms. The zero-order valence-corrected chi connectivity index (χ0v) is 20.7. The topological polar surface area (TPSA) is 25.8 Å². The van der Waals surface area contributed by atoms with E-state index in [0.717, 1.165) is 33.4 Å². The summed E-state index contributed by atoms with van der Waals surface area (Å²) in [5.74, 6) is 0. The van der Waals surface area contributed by atoms with Gasteiger partial charge in [-0.2, -0.15) is 0 Å². The minimum atomic E-state index is 0.997. The lowest BCUT2D eigenvalue weighted by Gasteiger charge is -2.13. The van der Waals surface area contributed by atoms with Gasteiger partial charge in [0.1, 0.15) is 0 Å². The lowest BCUT2D eigenvalue weighted by Crippen LogP contribution is -1.91. The summed E-state index contributed by atoms with van der Waals surface area (Å²) in [6.07, 6.45) is 1.90. The summed E-state index contributed by atoms with van der Waals surface area (Å²) < 4.78 is 2.60. The molecule has 0 saturated heterocycles. The Morgan fingerprint density at radius 1 is 0.514 bits per heavy atom. The standard InChI is InChI=1S/C34H20N2S/c1-2-11-24-21(8-1)18-19-35-32(24)22-9-7-10-23(20-22)33-31-27(25-12-3-5-14-29(25)36-33)16-17-28-26-13-4-6-15-30(26)37-34(28)31/h1-20H.